The summed E-state index contributed by atoms with van der Waals surface area (Å²) >= 11 is 0. The molecule has 1 aliphatic rings. The van der Waals surface area contributed by atoms with Gasteiger partial charge in [0.15, 0.2) is 11.5 Å². The fourth-order valence-electron chi connectivity index (χ4n) is 2.01. The molecule has 20 heavy (non-hydrogen) atoms. The summed E-state index contributed by atoms with van der Waals surface area (Å²) in [6, 6.07) is 15.1. The van der Waals surface area contributed by atoms with Crippen LogP contribution in [0.2, 0.25) is 0 Å². The van der Waals surface area contributed by atoms with Crippen molar-refractivity contribution in [3.05, 3.63) is 59.7 Å². The molecule has 4 nitrogen and oxygen atoms in total. The molecule has 2 aromatic rings. The summed E-state index contributed by atoms with van der Waals surface area (Å²) in [4.78, 5) is 11.7. The number of carbonyl (C=O) groups excluding carboxylic acids is 1. The second-order valence-corrected chi connectivity index (χ2v) is 4.51. The second-order valence-electron chi connectivity index (χ2n) is 4.51. The second kappa shape index (κ2) is 5.65. The van der Waals surface area contributed by atoms with Crippen molar-refractivity contribution in [1.82, 2.24) is 0 Å². The Morgan fingerprint density at radius 3 is 2.65 bits per heavy atom. The lowest BCUT2D eigenvalue weighted by atomic mass is 10.1. The van der Waals surface area contributed by atoms with Gasteiger partial charge in [-0.3, -0.25) is 4.79 Å². The molecule has 0 fully saturated rings. The number of fused-ring (bicyclic) bond motifs is 1. The van der Waals surface area contributed by atoms with Gasteiger partial charge in [0.1, 0.15) is 6.61 Å². The summed E-state index contributed by atoms with van der Waals surface area (Å²) in [5.41, 5.74) is 1.83. The first kappa shape index (κ1) is 12.5. The summed E-state index contributed by atoms with van der Waals surface area (Å²) in [6.45, 7) is 0.481. The summed E-state index contributed by atoms with van der Waals surface area (Å²) in [7, 11) is 0. The normalized spacial score (nSPS) is 12.2. The first-order chi connectivity index (χ1) is 9.81. The van der Waals surface area contributed by atoms with Crippen molar-refractivity contribution in [2.45, 2.75) is 13.0 Å². The maximum Gasteiger partial charge on any atom is 0.310 e. The van der Waals surface area contributed by atoms with Crippen LogP contribution in [-0.2, 0) is 22.6 Å². The highest BCUT2D eigenvalue weighted by molar-refractivity contribution is 5.72. The maximum absolute atomic E-state index is 11.7. The Hall–Kier alpha value is -2.49. The Bertz CT molecular complexity index is 607. The molecule has 1 aliphatic heterocycles. The highest BCUT2D eigenvalue weighted by Gasteiger charge is 2.13. The standard InChI is InChI=1S/C16H14O4/c17-16(9-12-4-2-1-3-5-12)18-10-13-6-7-14-15(8-13)20-11-19-14/h1-8H,9-11H2. The van der Waals surface area contributed by atoms with E-state index in [1.54, 1.807) is 0 Å². The smallest absolute Gasteiger partial charge is 0.310 e. The fraction of sp³-hybridized carbons (Fsp3) is 0.188. The van der Waals surface area contributed by atoms with Crippen LogP contribution in [0.25, 0.3) is 0 Å². The molecule has 0 saturated carbocycles. The van der Waals surface area contributed by atoms with Gasteiger partial charge in [0.05, 0.1) is 6.42 Å². The number of benzene rings is 2. The largest absolute Gasteiger partial charge is 0.461 e. The maximum atomic E-state index is 11.7. The van der Waals surface area contributed by atoms with Crippen molar-refractivity contribution >= 4 is 5.97 Å². The summed E-state index contributed by atoms with van der Waals surface area (Å²) in [5, 5.41) is 0. The van der Waals surface area contributed by atoms with Crippen molar-refractivity contribution in [2.75, 3.05) is 6.79 Å². The fourth-order valence-corrected chi connectivity index (χ4v) is 2.01. The lowest BCUT2D eigenvalue weighted by Crippen LogP contribution is -2.07. The van der Waals surface area contributed by atoms with E-state index in [9.17, 15) is 4.79 Å². The molecule has 102 valence electrons. The first-order valence-electron chi connectivity index (χ1n) is 6.39. The lowest BCUT2D eigenvalue weighted by molar-refractivity contribution is -0.144. The Morgan fingerprint density at radius 1 is 1.00 bits per heavy atom. The zero-order valence-electron chi connectivity index (χ0n) is 10.9. The summed E-state index contributed by atoms with van der Waals surface area (Å²) < 4.78 is 15.8. The molecule has 0 N–H and O–H groups in total. The number of esters is 1. The van der Waals surface area contributed by atoms with Crippen LogP contribution in [0.4, 0.5) is 0 Å². The van der Waals surface area contributed by atoms with Crippen LogP contribution in [-0.4, -0.2) is 12.8 Å². The Kier molecular flexibility index (Phi) is 3.54. The molecular weight excluding hydrogens is 256 g/mol. The minimum Gasteiger partial charge on any atom is -0.461 e. The molecule has 0 unspecified atom stereocenters. The van der Waals surface area contributed by atoms with E-state index in [0.29, 0.717) is 5.75 Å². The average Bonchev–Trinajstić information content (AvgIpc) is 2.93. The van der Waals surface area contributed by atoms with Crippen molar-refractivity contribution in [1.29, 1.82) is 0 Å². The molecule has 3 rings (SSSR count). The third-order valence-electron chi connectivity index (χ3n) is 3.03. The van der Waals surface area contributed by atoms with Gasteiger partial charge >= 0.3 is 5.97 Å². The molecular formula is C16H14O4. The van der Waals surface area contributed by atoms with E-state index in [1.807, 2.05) is 48.5 Å². The minimum atomic E-state index is -0.242. The molecule has 2 aromatic carbocycles. The van der Waals surface area contributed by atoms with E-state index in [4.69, 9.17) is 14.2 Å². The lowest BCUT2D eigenvalue weighted by Gasteiger charge is -2.06. The molecule has 0 saturated heterocycles. The number of carbonyl (C=O) groups is 1. The van der Waals surface area contributed by atoms with E-state index in [2.05, 4.69) is 0 Å². The molecule has 0 radical (unpaired) electrons. The SMILES string of the molecule is O=C(Cc1ccccc1)OCc1ccc2c(c1)OCO2. The zero-order chi connectivity index (χ0) is 13.8. The summed E-state index contributed by atoms with van der Waals surface area (Å²) in [6.07, 6.45) is 0.283. The Labute approximate surface area is 116 Å². The van der Waals surface area contributed by atoms with E-state index in [1.165, 1.54) is 0 Å². The zero-order valence-corrected chi connectivity index (χ0v) is 10.9. The topological polar surface area (TPSA) is 44.8 Å². The predicted molar refractivity (Wildman–Crippen MR) is 72.5 cm³/mol. The first-order valence-corrected chi connectivity index (χ1v) is 6.39. The van der Waals surface area contributed by atoms with Crippen LogP contribution in [0.3, 0.4) is 0 Å². The highest BCUT2D eigenvalue weighted by atomic mass is 16.7. The van der Waals surface area contributed by atoms with Crippen LogP contribution in [0, 0.1) is 0 Å². The number of ether oxygens (including phenoxy) is 3. The van der Waals surface area contributed by atoms with Crippen LogP contribution in [0.1, 0.15) is 11.1 Å². The van der Waals surface area contributed by atoms with Crippen LogP contribution < -0.4 is 9.47 Å². The predicted octanol–water partition coefficient (Wildman–Crippen LogP) is 2.70. The summed E-state index contributed by atoms with van der Waals surface area (Å²) in [5.74, 6) is 1.18. The third kappa shape index (κ3) is 2.91. The van der Waals surface area contributed by atoms with E-state index < -0.39 is 0 Å². The van der Waals surface area contributed by atoms with Crippen LogP contribution in [0.15, 0.2) is 48.5 Å². The quantitative estimate of drug-likeness (QED) is 0.801. The van der Waals surface area contributed by atoms with E-state index in [-0.39, 0.29) is 25.8 Å². The van der Waals surface area contributed by atoms with Gasteiger partial charge in [-0.25, -0.2) is 0 Å². The van der Waals surface area contributed by atoms with Crippen LogP contribution >= 0.6 is 0 Å². The molecule has 0 bridgehead atoms. The van der Waals surface area contributed by atoms with Crippen molar-refractivity contribution < 1.29 is 19.0 Å². The van der Waals surface area contributed by atoms with Gasteiger partial charge in [-0.15, -0.1) is 0 Å². The molecule has 1 heterocycles. The highest BCUT2D eigenvalue weighted by Crippen LogP contribution is 2.32. The Balaban J connectivity index is 1.55. The van der Waals surface area contributed by atoms with Crippen LogP contribution in [0.5, 0.6) is 11.5 Å². The van der Waals surface area contributed by atoms with Gasteiger partial charge in [-0.1, -0.05) is 36.4 Å². The van der Waals surface area contributed by atoms with E-state index in [0.717, 1.165) is 16.9 Å². The van der Waals surface area contributed by atoms with Crippen molar-refractivity contribution in [3.63, 3.8) is 0 Å². The minimum absolute atomic E-state index is 0.238. The molecule has 0 atom stereocenters. The van der Waals surface area contributed by atoms with E-state index >= 15 is 0 Å². The van der Waals surface area contributed by atoms with Gasteiger partial charge in [0.2, 0.25) is 6.79 Å². The van der Waals surface area contributed by atoms with Gasteiger partial charge in [-0.05, 0) is 23.3 Å². The van der Waals surface area contributed by atoms with Crippen molar-refractivity contribution in [3.8, 4) is 11.5 Å². The van der Waals surface area contributed by atoms with Crippen molar-refractivity contribution in [2.24, 2.45) is 0 Å². The Morgan fingerprint density at radius 2 is 1.80 bits per heavy atom. The average molecular weight is 270 g/mol. The van der Waals surface area contributed by atoms with Gasteiger partial charge in [0, 0.05) is 0 Å². The number of hydrogen-bond acceptors (Lipinski definition) is 4. The molecule has 0 amide bonds. The third-order valence-corrected chi connectivity index (χ3v) is 3.03. The van der Waals surface area contributed by atoms with Gasteiger partial charge in [0.25, 0.3) is 0 Å². The molecule has 0 aromatic heterocycles. The molecule has 0 spiro atoms. The number of hydrogen-bond donors (Lipinski definition) is 0. The number of rotatable bonds is 4. The van der Waals surface area contributed by atoms with Gasteiger partial charge in [-0.2, -0.15) is 0 Å². The van der Waals surface area contributed by atoms with Gasteiger partial charge < -0.3 is 14.2 Å². The monoisotopic (exact) mass is 270 g/mol. The molecule has 4 heteroatoms. The molecule has 0 aliphatic carbocycles.